The van der Waals surface area contributed by atoms with Crippen LogP contribution in [0.3, 0.4) is 0 Å². The molecule has 2 aliphatic rings. The van der Waals surface area contributed by atoms with Crippen LogP contribution in [0.2, 0.25) is 5.02 Å². The fraction of sp³-hybridized carbons (Fsp3) is 0.417. The van der Waals surface area contributed by atoms with Gasteiger partial charge in [-0.25, -0.2) is 4.98 Å². The first-order chi connectivity index (χ1) is 15.1. The molecule has 0 atom stereocenters. The number of hydrogen-bond donors (Lipinski definition) is 0. The maximum absolute atomic E-state index is 13.2. The van der Waals surface area contributed by atoms with Crippen LogP contribution >= 0.6 is 22.9 Å². The van der Waals surface area contributed by atoms with E-state index in [1.54, 1.807) is 0 Å². The van der Waals surface area contributed by atoms with Crippen molar-refractivity contribution in [2.75, 3.05) is 49.1 Å². The van der Waals surface area contributed by atoms with Gasteiger partial charge < -0.3 is 14.7 Å². The van der Waals surface area contributed by atoms with E-state index in [-0.39, 0.29) is 5.92 Å². The summed E-state index contributed by atoms with van der Waals surface area (Å²) >= 11 is 7.95. The Kier molecular flexibility index (Phi) is 5.76. The minimum Gasteiger partial charge on any atom is -0.368 e. The molecule has 0 saturated carbocycles. The Morgan fingerprint density at radius 3 is 2.55 bits per heavy atom. The van der Waals surface area contributed by atoms with Gasteiger partial charge in [-0.05, 0) is 50.1 Å². The highest BCUT2D eigenvalue weighted by Gasteiger charge is 2.31. The fourth-order valence-electron chi connectivity index (χ4n) is 4.78. The predicted octanol–water partition coefficient (Wildman–Crippen LogP) is 4.82. The van der Waals surface area contributed by atoms with Crippen LogP contribution in [-0.2, 0) is 4.79 Å². The van der Waals surface area contributed by atoms with Crippen LogP contribution in [0.5, 0.6) is 0 Å². The van der Waals surface area contributed by atoms with Crippen molar-refractivity contribution >= 4 is 50.4 Å². The molecule has 162 valence electrons. The zero-order valence-electron chi connectivity index (χ0n) is 17.8. The van der Waals surface area contributed by atoms with Crippen molar-refractivity contribution in [1.82, 2.24) is 9.88 Å². The second-order valence-corrected chi connectivity index (χ2v) is 10.2. The molecule has 2 aromatic heterocycles. The number of thiophene rings is 1. The lowest BCUT2D eigenvalue weighted by atomic mass is 9.94. The Morgan fingerprint density at radius 1 is 1.03 bits per heavy atom. The van der Waals surface area contributed by atoms with Crippen molar-refractivity contribution in [3.8, 4) is 0 Å². The Balaban J connectivity index is 1.18. The number of hydrogen-bond acceptors (Lipinski definition) is 5. The van der Waals surface area contributed by atoms with Crippen LogP contribution in [0.25, 0.3) is 10.1 Å². The summed E-state index contributed by atoms with van der Waals surface area (Å²) in [5.74, 6) is 1.52. The van der Waals surface area contributed by atoms with Crippen LogP contribution in [0, 0.1) is 12.8 Å². The SMILES string of the molecule is Cc1cc2c(N3CCC(C(=O)N4CCN(c5cccc(Cl)c5)CC4)CC3)nccc2s1. The maximum Gasteiger partial charge on any atom is 0.225 e. The van der Waals surface area contributed by atoms with E-state index in [2.05, 4.69) is 44.8 Å². The van der Waals surface area contributed by atoms with Crippen molar-refractivity contribution in [3.63, 3.8) is 0 Å². The number of fused-ring (bicyclic) bond motifs is 1. The number of halogens is 1. The number of rotatable bonds is 3. The van der Waals surface area contributed by atoms with Crippen molar-refractivity contribution in [3.05, 3.63) is 52.5 Å². The van der Waals surface area contributed by atoms with Gasteiger partial charge >= 0.3 is 0 Å². The van der Waals surface area contributed by atoms with Gasteiger partial charge in [-0.3, -0.25) is 4.79 Å². The third kappa shape index (κ3) is 4.23. The van der Waals surface area contributed by atoms with Crippen molar-refractivity contribution < 1.29 is 4.79 Å². The van der Waals surface area contributed by atoms with Gasteiger partial charge in [0.15, 0.2) is 0 Å². The molecule has 5 nitrogen and oxygen atoms in total. The first-order valence-corrected chi connectivity index (χ1v) is 12.2. The molecular weight excluding hydrogens is 428 g/mol. The summed E-state index contributed by atoms with van der Waals surface area (Å²) in [5.41, 5.74) is 1.14. The molecule has 2 saturated heterocycles. The number of carbonyl (C=O) groups excluding carboxylic acids is 1. The summed E-state index contributed by atoms with van der Waals surface area (Å²) in [7, 11) is 0. The van der Waals surface area contributed by atoms with Crippen molar-refractivity contribution in [1.29, 1.82) is 0 Å². The van der Waals surface area contributed by atoms with E-state index in [0.29, 0.717) is 5.91 Å². The highest BCUT2D eigenvalue weighted by Crippen LogP contribution is 2.33. The number of amides is 1. The molecule has 2 aliphatic heterocycles. The highest BCUT2D eigenvalue weighted by atomic mass is 35.5. The minimum absolute atomic E-state index is 0.123. The lowest BCUT2D eigenvalue weighted by Crippen LogP contribution is -2.51. The second kappa shape index (κ2) is 8.67. The van der Waals surface area contributed by atoms with Crippen LogP contribution in [0.15, 0.2) is 42.6 Å². The summed E-state index contributed by atoms with van der Waals surface area (Å²) in [5, 5.41) is 2.00. The zero-order valence-corrected chi connectivity index (χ0v) is 19.3. The Morgan fingerprint density at radius 2 is 1.81 bits per heavy atom. The topological polar surface area (TPSA) is 39.7 Å². The molecule has 0 aliphatic carbocycles. The molecule has 3 aromatic rings. The number of aromatic nitrogens is 1. The number of nitrogens with zero attached hydrogens (tertiary/aromatic N) is 4. The van der Waals surface area contributed by atoms with Gasteiger partial charge in [0.05, 0.1) is 0 Å². The van der Waals surface area contributed by atoms with E-state index >= 15 is 0 Å². The first-order valence-electron chi connectivity index (χ1n) is 11.0. The van der Waals surface area contributed by atoms with E-state index < -0.39 is 0 Å². The molecule has 0 radical (unpaired) electrons. The third-order valence-electron chi connectivity index (χ3n) is 6.46. The summed E-state index contributed by atoms with van der Waals surface area (Å²) in [6, 6.07) is 12.3. The van der Waals surface area contributed by atoms with Crippen LogP contribution in [-0.4, -0.2) is 55.1 Å². The third-order valence-corrected chi connectivity index (χ3v) is 7.71. The number of pyridine rings is 1. The number of aryl methyl sites for hydroxylation is 1. The Labute approximate surface area is 192 Å². The summed E-state index contributed by atoms with van der Waals surface area (Å²) in [4.78, 5) is 25.9. The van der Waals surface area contributed by atoms with Crippen LogP contribution in [0.4, 0.5) is 11.5 Å². The minimum atomic E-state index is 0.123. The summed E-state index contributed by atoms with van der Waals surface area (Å²) in [6.45, 7) is 7.19. The first kappa shape index (κ1) is 20.6. The van der Waals surface area contributed by atoms with Crippen LogP contribution < -0.4 is 9.80 Å². The monoisotopic (exact) mass is 454 g/mol. The molecule has 1 aromatic carbocycles. The molecule has 2 fully saturated rings. The molecule has 0 unspecified atom stereocenters. The fourth-order valence-corrected chi connectivity index (χ4v) is 5.88. The number of carbonyl (C=O) groups is 1. The standard InChI is InChI=1S/C24H27ClN4OS/c1-17-15-21-22(31-17)5-8-26-23(21)28-9-6-18(7-10-28)24(30)29-13-11-27(12-14-29)20-4-2-3-19(25)16-20/h2-5,8,15-16,18H,6-7,9-14H2,1H3. The average Bonchev–Trinajstić information content (AvgIpc) is 3.19. The van der Waals surface area contributed by atoms with Gasteiger partial charge in [0, 0.05) is 77.1 Å². The average molecular weight is 455 g/mol. The predicted molar refractivity (Wildman–Crippen MR) is 130 cm³/mol. The second-order valence-electron chi connectivity index (χ2n) is 8.46. The van der Waals surface area contributed by atoms with Gasteiger partial charge in [0.25, 0.3) is 0 Å². The number of piperidine rings is 1. The number of anilines is 2. The van der Waals surface area contributed by atoms with Gasteiger partial charge in [0.1, 0.15) is 5.82 Å². The highest BCUT2D eigenvalue weighted by molar-refractivity contribution is 7.19. The molecule has 31 heavy (non-hydrogen) atoms. The van der Waals surface area contributed by atoms with E-state index in [4.69, 9.17) is 11.6 Å². The van der Waals surface area contributed by atoms with Crippen molar-refractivity contribution in [2.45, 2.75) is 19.8 Å². The van der Waals surface area contributed by atoms with E-state index in [0.717, 1.165) is 68.6 Å². The number of benzene rings is 1. The van der Waals surface area contributed by atoms with Gasteiger partial charge in [0.2, 0.25) is 5.91 Å². The van der Waals surface area contributed by atoms with E-state index in [9.17, 15) is 4.79 Å². The Bertz CT molecular complexity index is 1080. The lowest BCUT2D eigenvalue weighted by Gasteiger charge is -2.39. The van der Waals surface area contributed by atoms with E-state index in [1.165, 1.54) is 15.0 Å². The molecule has 5 rings (SSSR count). The normalized spacial score (nSPS) is 18.1. The molecule has 0 N–H and O–H groups in total. The quantitative estimate of drug-likeness (QED) is 0.568. The lowest BCUT2D eigenvalue weighted by molar-refractivity contribution is -0.136. The maximum atomic E-state index is 13.2. The van der Waals surface area contributed by atoms with Gasteiger partial charge in [-0.1, -0.05) is 17.7 Å². The number of piperazine rings is 1. The molecule has 7 heteroatoms. The molecular formula is C24H27ClN4OS. The van der Waals surface area contributed by atoms with Crippen LogP contribution in [0.1, 0.15) is 17.7 Å². The smallest absolute Gasteiger partial charge is 0.225 e. The molecule has 1 amide bonds. The summed E-state index contributed by atoms with van der Waals surface area (Å²) < 4.78 is 1.29. The largest absolute Gasteiger partial charge is 0.368 e. The van der Waals surface area contributed by atoms with Gasteiger partial charge in [-0.15, -0.1) is 11.3 Å². The molecule has 0 bridgehead atoms. The van der Waals surface area contributed by atoms with Gasteiger partial charge in [-0.2, -0.15) is 0 Å². The zero-order chi connectivity index (χ0) is 21.4. The Hall–Kier alpha value is -2.31. The molecule has 4 heterocycles. The summed E-state index contributed by atoms with van der Waals surface area (Å²) in [6.07, 6.45) is 3.70. The molecule has 0 spiro atoms. The van der Waals surface area contributed by atoms with E-state index in [1.807, 2.05) is 35.7 Å². The van der Waals surface area contributed by atoms with Crippen molar-refractivity contribution in [2.24, 2.45) is 5.92 Å².